The zero-order chi connectivity index (χ0) is 17.2. The van der Waals surface area contributed by atoms with E-state index < -0.39 is 0 Å². The highest BCUT2D eigenvalue weighted by Gasteiger charge is 2.15. The molecule has 0 aliphatic rings. The van der Waals surface area contributed by atoms with E-state index in [1.165, 1.54) is 0 Å². The van der Waals surface area contributed by atoms with Crippen molar-refractivity contribution < 1.29 is 4.74 Å². The molecule has 0 spiro atoms. The molecule has 3 heterocycles. The number of benzene rings is 1. The highest BCUT2D eigenvalue weighted by molar-refractivity contribution is 6.30. The van der Waals surface area contributed by atoms with Gasteiger partial charge in [0.1, 0.15) is 17.1 Å². The van der Waals surface area contributed by atoms with Crippen molar-refractivity contribution in [1.29, 1.82) is 0 Å². The third-order valence-corrected chi connectivity index (χ3v) is 4.08. The Morgan fingerprint density at radius 1 is 1.28 bits per heavy atom. The van der Waals surface area contributed by atoms with Crippen molar-refractivity contribution in [2.24, 2.45) is 0 Å². The van der Waals surface area contributed by atoms with Crippen LogP contribution >= 0.6 is 11.6 Å². The second-order valence-electron chi connectivity index (χ2n) is 5.30. The Labute approximate surface area is 147 Å². The molecule has 0 saturated carbocycles. The number of aromatic amines is 1. The number of fused-ring (bicyclic) bond motifs is 1. The Bertz CT molecular complexity index is 1010. The maximum absolute atomic E-state index is 6.02. The highest BCUT2D eigenvalue weighted by Crippen LogP contribution is 2.28. The lowest BCUT2D eigenvalue weighted by Crippen LogP contribution is -2.06. The minimum Gasteiger partial charge on any atom is -0.496 e. The minimum absolute atomic E-state index is 0.481. The van der Waals surface area contributed by atoms with Crippen molar-refractivity contribution in [2.75, 3.05) is 12.4 Å². The van der Waals surface area contributed by atoms with Crippen molar-refractivity contribution >= 4 is 22.9 Å². The molecule has 1 aromatic carbocycles. The van der Waals surface area contributed by atoms with Crippen LogP contribution in [0.15, 0.2) is 42.7 Å². The fraction of sp³-hybridized carbons (Fsp3) is 0.125. The summed E-state index contributed by atoms with van der Waals surface area (Å²) in [4.78, 5) is 4.30. The quantitative estimate of drug-likeness (QED) is 0.572. The number of hydrogen-bond donors (Lipinski definition) is 2. The molecule has 126 valence electrons. The summed E-state index contributed by atoms with van der Waals surface area (Å²) in [5, 5.41) is 18.4. The summed E-state index contributed by atoms with van der Waals surface area (Å²) in [6, 6.07) is 9.41. The van der Waals surface area contributed by atoms with E-state index in [0.717, 1.165) is 28.3 Å². The SMILES string of the molecule is COc1cc(Cl)ccc1CNc1ccc2nccn2c1-c1nn[nH]n1. The van der Waals surface area contributed by atoms with Gasteiger partial charge in [-0.05, 0) is 29.5 Å². The van der Waals surface area contributed by atoms with Crippen molar-refractivity contribution in [3.05, 3.63) is 53.3 Å². The second kappa shape index (κ2) is 6.40. The smallest absolute Gasteiger partial charge is 0.223 e. The van der Waals surface area contributed by atoms with Gasteiger partial charge in [-0.25, -0.2) is 4.98 Å². The first-order chi connectivity index (χ1) is 12.3. The third-order valence-electron chi connectivity index (χ3n) is 3.84. The van der Waals surface area contributed by atoms with Gasteiger partial charge in [0.05, 0.1) is 12.8 Å². The van der Waals surface area contributed by atoms with E-state index in [2.05, 4.69) is 30.9 Å². The van der Waals surface area contributed by atoms with Gasteiger partial charge in [0, 0.05) is 29.5 Å². The monoisotopic (exact) mass is 355 g/mol. The molecule has 9 heteroatoms. The van der Waals surface area contributed by atoms with Crippen molar-refractivity contribution in [1.82, 2.24) is 30.0 Å². The van der Waals surface area contributed by atoms with Crippen LogP contribution in [0.2, 0.25) is 5.02 Å². The van der Waals surface area contributed by atoms with Crippen LogP contribution in [0, 0.1) is 0 Å². The number of ether oxygens (including phenoxy) is 1. The fourth-order valence-electron chi connectivity index (χ4n) is 2.68. The Morgan fingerprint density at radius 3 is 3.00 bits per heavy atom. The lowest BCUT2D eigenvalue weighted by molar-refractivity contribution is 0.410. The second-order valence-corrected chi connectivity index (χ2v) is 5.73. The number of tetrazole rings is 1. The predicted molar refractivity (Wildman–Crippen MR) is 93.7 cm³/mol. The zero-order valence-electron chi connectivity index (χ0n) is 13.3. The maximum Gasteiger partial charge on any atom is 0.223 e. The van der Waals surface area contributed by atoms with Crippen LogP contribution in [0.3, 0.4) is 0 Å². The number of nitrogens with zero attached hydrogens (tertiary/aromatic N) is 5. The Balaban J connectivity index is 1.72. The number of halogens is 1. The number of nitrogens with one attached hydrogen (secondary N) is 2. The molecule has 0 fully saturated rings. The first-order valence-electron chi connectivity index (χ1n) is 7.52. The number of H-pyrrole nitrogens is 1. The van der Waals surface area contributed by atoms with Gasteiger partial charge in [-0.2, -0.15) is 5.21 Å². The molecule has 0 radical (unpaired) electrons. The van der Waals surface area contributed by atoms with E-state index in [1.807, 2.05) is 34.9 Å². The minimum atomic E-state index is 0.481. The van der Waals surface area contributed by atoms with E-state index >= 15 is 0 Å². The summed E-state index contributed by atoms with van der Waals surface area (Å²) >= 11 is 6.02. The molecule has 25 heavy (non-hydrogen) atoms. The maximum atomic E-state index is 6.02. The number of rotatable bonds is 5. The van der Waals surface area contributed by atoms with Crippen molar-refractivity contribution in [3.63, 3.8) is 0 Å². The average molecular weight is 356 g/mol. The van der Waals surface area contributed by atoms with Crippen LogP contribution in [0.25, 0.3) is 17.2 Å². The summed E-state index contributed by atoms with van der Waals surface area (Å²) in [6.45, 7) is 0.547. The molecule has 0 unspecified atom stereocenters. The van der Waals surface area contributed by atoms with Crippen LogP contribution in [0.1, 0.15) is 5.56 Å². The topological polar surface area (TPSA) is 93.0 Å². The number of hydrogen-bond acceptors (Lipinski definition) is 6. The zero-order valence-corrected chi connectivity index (χ0v) is 14.0. The van der Waals surface area contributed by atoms with Gasteiger partial charge in [0.2, 0.25) is 5.82 Å². The lowest BCUT2D eigenvalue weighted by atomic mass is 10.2. The highest BCUT2D eigenvalue weighted by atomic mass is 35.5. The van der Waals surface area contributed by atoms with Crippen LogP contribution < -0.4 is 10.1 Å². The molecule has 0 atom stereocenters. The van der Waals surface area contributed by atoms with E-state index in [-0.39, 0.29) is 0 Å². The Hall–Kier alpha value is -3.13. The van der Waals surface area contributed by atoms with E-state index in [9.17, 15) is 0 Å². The van der Waals surface area contributed by atoms with Gasteiger partial charge < -0.3 is 10.1 Å². The molecule has 4 rings (SSSR count). The molecular weight excluding hydrogens is 342 g/mol. The van der Waals surface area contributed by atoms with Gasteiger partial charge in [0.25, 0.3) is 0 Å². The van der Waals surface area contributed by atoms with Crippen LogP contribution in [0.5, 0.6) is 5.75 Å². The predicted octanol–water partition coefficient (Wildman–Crippen LogP) is 2.79. The van der Waals surface area contributed by atoms with Gasteiger partial charge in [-0.3, -0.25) is 4.40 Å². The normalized spacial score (nSPS) is 11.0. The van der Waals surface area contributed by atoms with Gasteiger partial charge in [-0.15, -0.1) is 10.2 Å². The summed E-state index contributed by atoms with van der Waals surface area (Å²) < 4.78 is 7.30. The fourth-order valence-corrected chi connectivity index (χ4v) is 2.84. The van der Waals surface area contributed by atoms with Gasteiger partial charge >= 0.3 is 0 Å². The standard InChI is InChI=1S/C16H14ClN7O/c1-25-13-8-11(17)3-2-10(13)9-19-12-4-5-14-18-6-7-24(14)15(12)16-20-22-23-21-16/h2-8,19H,9H2,1H3,(H,20,21,22,23). The van der Waals surface area contributed by atoms with E-state index in [4.69, 9.17) is 16.3 Å². The largest absolute Gasteiger partial charge is 0.496 e. The molecular formula is C16H14ClN7O. The molecule has 8 nitrogen and oxygen atoms in total. The summed E-state index contributed by atoms with van der Waals surface area (Å²) in [5.41, 5.74) is 3.41. The number of pyridine rings is 1. The molecule has 0 bridgehead atoms. The number of anilines is 1. The van der Waals surface area contributed by atoms with Crippen LogP contribution in [0.4, 0.5) is 5.69 Å². The molecule has 2 N–H and O–H groups in total. The molecule has 0 amide bonds. The molecule has 3 aromatic heterocycles. The lowest BCUT2D eigenvalue weighted by Gasteiger charge is -2.14. The van der Waals surface area contributed by atoms with E-state index in [1.54, 1.807) is 19.4 Å². The molecule has 4 aromatic rings. The van der Waals surface area contributed by atoms with Crippen molar-refractivity contribution in [2.45, 2.75) is 6.54 Å². The Morgan fingerprint density at radius 2 is 2.20 bits per heavy atom. The first kappa shape index (κ1) is 15.4. The van der Waals surface area contributed by atoms with Crippen LogP contribution in [-0.4, -0.2) is 37.1 Å². The summed E-state index contributed by atoms with van der Waals surface area (Å²) in [6.07, 6.45) is 3.58. The van der Waals surface area contributed by atoms with Gasteiger partial charge in [-0.1, -0.05) is 17.7 Å². The average Bonchev–Trinajstić information content (AvgIpc) is 3.31. The number of methoxy groups -OCH3 is 1. The number of aromatic nitrogens is 6. The van der Waals surface area contributed by atoms with Crippen LogP contribution in [-0.2, 0) is 6.54 Å². The van der Waals surface area contributed by atoms with Crippen molar-refractivity contribution in [3.8, 4) is 17.3 Å². The Kier molecular flexibility index (Phi) is 3.95. The molecule has 0 aliphatic carbocycles. The van der Waals surface area contributed by atoms with E-state index in [0.29, 0.717) is 17.4 Å². The molecule has 0 aliphatic heterocycles. The van der Waals surface area contributed by atoms with Gasteiger partial charge in [0.15, 0.2) is 0 Å². The first-order valence-corrected chi connectivity index (χ1v) is 7.90. The number of imidazole rings is 1. The molecule has 0 saturated heterocycles. The summed E-state index contributed by atoms with van der Waals surface area (Å²) in [5.74, 6) is 1.21. The third kappa shape index (κ3) is 2.87. The summed E-state index contributed by atoms with van der Waals surface area (Å²) in [7, 11) is 1.62.